The molecule has 0 aromatic heterocycles. The van der Waals surface area contributed by atoms with Gasteiger partial charge in [0, 0.05) is 25.0 Å². The van der Waals surface area contributed by atoms with Crippen molar-refractivity contribution in [1.82, 2.24) is 10.2 Å². The van der Waals surface area contributed by atoms with E-state index in [4.69, 9.17) is 16.7 Å². The van der Waals surface area contributed by atoms with Crippen molar-refractivity contribution in [3.8, 4) is 0 Å². The molecule has 0 spiro atoms. The minimum atomic E-state index is -0.853. The summed E-state index contributed by atoms with van der Waals surface area (Å²) in [7, 11) is 1.64. The standard InChI is InChI=1S/C14H19ClN2O3/c1-10(11-5-7-12(15)8-6-11)16-14(20)17(2)9-3-4-13(18)19/h5-8,10H,3-4,9H2,1-2H3,(H,16,20)(H,18,19). The molecule has 0 aliphatic rings. The van der Waals surface area contributed by atoms with Crippen LogP contribution in [-0.4, -0.2) is 35.6 Å². The van der Waals surface area contributed by atoms with E-state index in [1.165, 1.54) is 4.90 Å². The molecule has 0 saturated heterocycles. The van der Waals surface area contributed by atoms with E-state index < -0.39 is 5.97 Å². The zero-order valence-corrected chi connectivity index (χ0v) is 12.4. The van der Waals surface area contributed by atoms with Crippen LogP contribution in [0.1, 0.15) is 31.4 Å². The summed E-state index contributed by atoms with van der Waals surface area (Å²) in [6.45, 7) is 2.29. The van der Waals surface area contributed by atoms with Gasteiger partial charge in [0.1, 0.15) is 0 Å². The van der Waals surface area contributed by atoms with Gasteiger partial charge in [-0.1, -0.05) is 23.7 Å². The van der Waals surface area contributed by atoms with Gasteiger partial charge in [-0.15, -0.1) is 0 Å². The fraction of sp³-hybridized carbons (Fsp3) is 0.429. The van der Waals surface area contributed by atoms with Crippen molar-refractivity contribution in [3.05, 3.63) is 34.9 Å². The highest BCUT2D eigenvalue weighted by Crippen LogP contribution is 2.16. The molecular weight excluding hydrogens is 280 g/mol. The van der Waals surface area contributed by atoms with Crippen LogP contribution in [0.15, 0.2) is 24.3 Å². The van der Waals surface area contributed by atoms with Crippen LogP contribution in [0.2, 0.25) is 5.02 Å². The lowest BCUT2D eigenvalue weighted by molar-refractivity contribution is -0.137. The van der Waals surface area contributed by atoms with E-state index in [9.17, 15) is 9.59 Å². The number of carboxylic acid groups (broad SMARTS) is 1. The van der Waals surface area contributed by atoms with Gasteiger partial charge in [-0.25, -0.2) is 4.79 Å². The largest absolute Gasteiger partial charge is 0.481 e. The molecule has 0 saturated carbocycles. The number of nitrogens with one attached hydrogen (secondary N) is 1. The second-order valence-electron chi connectivity index (χ2n) is 4.64. The molecule has 1 aromatic rings. The monoisotopic (exact) mass is 298 g/mol. The molecular formula is C14H19ClN2O3. The fourth-order valence-corrected chi connectivity index (χ4v) is 1.83. The summed E-state index contributed by atoms with van der Waals surface area (Å²) in [6, 6.07) is 6.90. The summed E-state index contributed by atoms with van der Waals surface area (Å²) < 4.78 is 0. The number of amides is 2. The van der Waals surface area contributed by atoms with Crippen LogP contribution in [0.5, 0.6) is 0 Å². The molecule has 0 bridgehead atoms. The van der Waals surface area contributed by atoms with Crippen LogP contribution in [0, 0.1) is 0 Å². The Morgan fingerprint density at radius 2 is 1.95 bits per heavy atom. The van der Waals surface area contributed by atoms with E-state index >= 15 is 0 Å². The van der Waals surface area contributed by atoms with Gasteiger partial charge >= 0.3 is 12.0 Å². The first-order chi connectivity index (χ1) is 9.40. The minimum absolute atomic E-state index is 0.0599. The maximum atomic E-state index is 11.9. The van der Waals surface area contributed by atoms with Crippen molar-refractivity contribution >= 4 is 23.6 Å². The Morgan fingerprint density at radius 3 is 2.50 bits per heavy atom. The van der Waals surface area contributed by atoms with Crippen molar-refractivity contribution in [3.63, 3.8) is 0 Å². The average molecular weight is 299 g/mol. The first-order valence-electron chi connectivity index (χ1n) is 6.39. The topological polar surface area (TPSA) is 69.6 Å². The molecule has 0 aliphatic carbocycles. The third kappa shape index (κ3) is 5.48. The number of urea groups is 1. The molecule has 0 heterocycles. The molecule has 0 aliphatic heterocycles. The third-order valence-electron chi connectivity index (χ3n) is 2.94. The van der Waals surface area contributed by atoms with Crippen molar-refractivity contribution in [1.29, 1.82) is 0 Å². The maximum Gasteiger partial charge on any atom is 0.317 e. The van der Waals surface area contributed by atoms with Gasteiger partial charge < -0.3 is 15.3 Å². The van der Waals surface area contributed by atoms with Gasteiger partial charge in [0.2, 0.25) is 0 Å². The van der Waals surface area contributed by atoms with E-state index in [2.05, 4.69) is 5.32 Å². The molecule has 1 unspecified atom stereocenters. The second kappa shape index (κ2) is 7.75. The molecule has 110 valence electrons. The lowest BCUT2D eigenvalue weighted by Crippen LogP contribution is -2.39. The van der Waals surface area contributed by atoms with Crippen molar-refractivity contribution in [2.24, 2.45) is 0 Å². The normalized spacial score (nSPS) is 11.8. The van der Waals surface area contributed by atoms with Crippen LogP contribution in [0.3, 0.4) is 0 Å². The zero-order chi connectivity index (χ0) is 15.1. The first kappa shape index (κ1) is 16.3. The summed E-state index contributed by atoms with van der Waals surface area (Å²) in [5.41, 5.74) is 0.960. The molecule has 1 rings (SSSR count). The summed E-state index contributed by atoms with van der Waals surface area (Å²) in [5, 5.41) is 12.1. The number of rotatable bonds is 6. The van der Waals surface area contributed by atoms with Gasteiger partial charge in [-0.2, -0.15) is 0 Å². The smallest absolute Gasteiger partial charge is 0.317 e. The lowest BCUT2D eigenvalue weighted by Gasteiger charge is -2.21. The molecule has 6 heteroatoms. The van der Waals surface area contributed by atoms with Crippen molar-refractivity contribution < 1.29 is 14.7 Å². The van der Waals surface area contributed by atoms with E-state index in [1.54, 1.807) is 19.2 Å². The number of halogens is 1. The van der Waals surface area contributed by atoms with Crippen LogP contribution in [-0.2, 0) is 4.79 Å². The molecule has 5 nitrogen and oxygen atoms in total. The SMILES string of the molecule is CC(NC(=O)N(C)CCCC(=O)O)c1ccc(Cl)cc1. The van der Waals surface area contributed by atoms with Crippen molar-refractivity contribution in [2.75, 3.05) is 13.6 Å². The molecule has 2 amide bonds. The third-order valence-corrected chi connectivity index (χ3v) is 3.19. The van der Waals surface area contributed by atoms with E-state index in [1.807, 2.05) is 19.1 Å². The van der Waals surface area contributed by atoms with Crippen LogP contribution in [0.4, 0.5) is 4.79 Å². The average Bonchev–Trinajstić information content (AvgIpc) is 2.38. The van der Waals surface area contributed by atoms with Crippen LogP contribution >= 0.6 is 11.6 Å². The van der Waals surface area contributed by atoms with E-state index in [-0.39, 0.29) is 18.5 Å². The van der Waals surface area contributed by atoms with E-state index in [0.717, 1.165) is 5.56 Å². The van der Waals surface area contributed by atoms with Crippen LogP contribution < -0.4 is 5.32 Å². The lowest BCUT2D eigenvalue weighted by atomic mass is 10.1. The molecule has 2 N–H and O–H groups in total. The number of carbonyl (C=O) groups excluding carboxylic acids is 1. The number of nitrogens with zero attached hydrogens (tertiary/aromatic N) is 1. The summed E-state index contributed by atoms with van der Waals surface area (Å²) >= 11 is 5.81. The number of aliphatic carboxylic acids is 1. The summed E-state index contributed by atoms with van der Waals surface area (Å²) in [5.74, 6) is -0.853. The number of hydrogen-bond donors (Lipinski definition) is 2. The van der Waals surface area contributed by atoms with Crippen molar-refractivity contribution in [2.45, 2.75) is 25.8 Å². The Kier molecular flexibility index (Phi) is 6.31. The molecule has 20 heavy (non-hydrogen) atoms. The van der Waals surface area contributed by atoms with E-state index in [0.29, 0.717) is 18.0 Å². The molecule has 1 aromatic carbocycles. The Morgan fingerprint density at radius 1 is 1.35 bits per heavy atom. The molecule has 0 radical (unpaired) electrons. The minimum Gasteiger partial charge on any atom is -0.481 e. The highest BCUT2D eigenvalue weighted by atomic mass is 35.5. The Balaban J connectivity index is 2.44. The van der Waals surface area contributed by atoms with Gasteiger partial charge in [0.25, 0.3) is 0 Å². The molecule has 0 fully saturated rings. The van der Waals surface area contributed by atoms with Gasteiger partial charge in [-0.3, -0.25) is 4.79 Å². The van der Waals surface area contributed by atoms with Crippen LogP contribution in [0.25, 0.3) is 0 Å². The number of hydrogen-bond acceptors (Lipinski definition) is 2. The summed E-state index contributed by atoms with van der Waals surface area (Å²) in [6.07, 6.45) is 0.499. The Bertz CT molecular complexity index is 462. The predicted octanol–water partition coefficient (Wildman–Crippen LogP) is 2.91. The fourth-order valence-electron chi connectivity index (χ4n) is 1.70. The number of benzene rings is 1. The first-order valence-corrected chi connectivity index (χ1v) is 6.77. The number of carbonyl (C=O) groups is 2. The second-order valence-corrected chi connectivity index (χ2v) is 5.08. The summed E-state index contributed by atoms with van der Waals surface area (Å²) in [4.78, 5) is 23.8. The highest BCUT2D eigenvalue weighted by molar-refractivity contribution is 6.30. The highest BCUT2D eigenvalue weighted by Gasteiger charge is 2.13. The van der Waals surface area contributed by atoms with Gasteiger partial charge in [-0.05, 0) is 31.0 Å². The quantitative estimate of drug-likeness (QED) is 0.848. The zero-order valence-electron chi connectivity index (χ0n) is 11.6. The molecule has 1 atom stereocenters. The Labute approximate surface area is 123 Å². The van der Waals surface area contributed by atoms with Gasteiger partial charge in [0.15, 0.2) is 0 Å². The van der Waals surface area contributed by atoms with Gasteiger partial charge in [0.05, 0.1) is 6.04 Å². The maximum absolute atomic E-state index is 11.9. The number of carboxylic acids is 1. The predicted molar refractivity (Wildman–Crippen MR) is 77.9 cm³/mol. The Hall–Kier alpha value is -1.75.